The molecule has 0 aliphatic rings. The lowest BCUT2D eigenvalue weighted by Crippen LogP contribution is -2.39. The van der Waals surface area contributed by atoms with Crippen LogP contribution in [0.2, 0.25) is 0 Å². The highest BCUT2D eigenvalue weighted by Crippen LogP contribution is 2.25. The molecule has 0 aliphatic heterocycles. The van der Waals surface area contributed by atoms with E-state index in [1.807, 2.05) is 0 Å². The number of benzene rings is 1. The molecule has 0 atom stereocenters. The molecule has 0 fully saturated rings. The number of amides is 2. The van der Waals surface area contributed by atoms with Crippen LogP contribution in [-0.2, 0) is 20.9 Å². The maximum Gasteiger partial charge on any atom is 0.342 e. The standard InChI is InChI=1S/C19H22N2O7/c1-21(11-17(22)20-10-14-5-4-8-27-14)18(23)12-28-19(24)15-7-6-13(25-2)9-16(15)26-3/h4-9H,10-12H2,1-3H3,(H,20,22). The fraction of sp³-hybridized carbons (Fsp3) is 0.316. The van der Waals surface area contributed by atoms with Gasteiger partial charge in [0.1, 0.15) is 22.8 Å². The van der Waals surface area contributed by atoms with Crippen LogP contribution in [0.4, 0.5) is 0 Å². The van der Waals surface area contributed by atoms with Crippen molar-refractivity contribution in [2.45, 2.75) is 6.54 Å². The molecule has 2 rings (SSSR count). The lowest BCUT2D eigenvalue weighted by molar-refractivity contribution is -0.137. The number of rotatable bonds is 9. The Bertz CT molecular complexity index is 818. The molecule has 0 unspecified atom stereocenters. The minimum atomic E-state index is -0.719. The molecule has 0 bridgehead atoms. The first-order chi connectivity index (χ1) is 13.4. The van der Waals surface area contributed by atoms with Gasteiger partial charge in [-0.05, 0) is 24.3 Å². The van der Waals surface area contributed by atoms with E-state index in [-0.39, 0.29) is 30.3 Å². The molecule has 1 heterocycles. The second kappa shape index (κ2) is 10.0. The molecule has 0 spiro atoms. The molecule has 0 saturated heterocycles. The minimum absolute atomic E-state index is 0.162. The first kappa shape index (κ1) is 20.8. The normalized spacial score (nSPS) is 10.1. The lowest BCUT2D eigenvalue weighted by atomic mass is 10.2. The number of hydrogen-bond acceptors (Lipinski definition) is 7. The van der Waals surface area contributed by atoms with Crippen LogP contribution in [-0.4, -0.2) is 57.1 Å². The molecule has 1 aromatic carbocycles. The van der Waals surface area contributed by atoms with Crippen molar-refractivity contribution in [3.05, 3.63) is 47.9 Å². The maximum absolute atomic E-state index is 12.2. The highest BCUT2D eigenvalue weighted by atomic mass is 16.5. The van der Waals surface area contributed by atoms with Crippen LogP contribution in [0.15, 0.2) is 41.0 Å². The van der Waals surface area contributed by atoms with Gasteiger partial charge < -0.3 is 28.8 Å². The zero-order valence-corrected chi connectivity index (χ0v) is 15.9. The molecule has 28 heavy (non-hydrogen) atoms. The summed E-state index contributed by atoms with van der Waals surface area (Å²) in [5, 5.41) is 2.62. The Labute approximate surface area is 162 Å². The highest BCUT2D eigenvalue weighted by Gasteiger charge is 2.19. The van der Waals surface area contributed by atoms with E-state index in [0.29, 0.717) is 11.5 Å². The molecule has 1 aromatic heterocycles. The highest BCUT2D eigenvalue weighted by molar-refractivity contribution is 5.94. The van der Waals surface area contributed by atoms with E-state index >= 15 is 0 Å². The smallest absolute Gasteiger partial charge is 0.342 e. The average Bonchev–Trinajstić information content (AvgIpc) is 3.23. The van der Waals surface area contributed by atoms with Crippen LogP contribution >= 0.6 is 0 Å². The molecule has 0 aliphatic carbocycles. The number of carbonyl (C=O) groups is 3. The fourth-order valence-electron chi connectivity index (χ4n) is 2.24. The third-order valence-electron chi connectivity index (χ3n) is 3.80. The van der Waals surface area contributed by atoms with Crippen LogP contribution in [0.25, 0.3) is 0 Å². The Morgan fingerprint density at radius 2 is 1.93 bits per heavy atom. The van der Waals surface area contributed by atoms with Crippen molar-refractivity contribution in [1.82, 2.24) is 10.2 Å². The molecule has 2 amide bonds. The second-order valence-corrected chi connectivity index (χ2v) is 5.75. The van der Waals surface area contributed by atoms with Crippen molar-refractivity contribution in [1.29, 1.82) is 0 Å². The van der Waals surface area contributed by atoms with E-state index < -0.39 is 18.5 Å². The number of methoxy groups -OCH3 is 2. The molecule has 0 saturated carbocycles. The number of ether oxygens (including phenoxy) is 3. The Kier molecular flexibility index (Phi) is 7.44. The summed E-state index contributed by atoms with van der Waals surface area (Å²) in [7, 11) is 4.34. The molecular weight excluding hydrogens is 368 g/mol. The van der Waals surface area contributed by atoms with Gasteiger partial charge in [0.15, 0.2) is 6.61 Å². The number of nitrogens with zero attached hydrogens (tertiary/aromatic N) is 1. The predicted molar refractivity (Wildman–Crippen MR) is 98.0 cm³/mol. The van der Waals surface area contributed by atoms with Crippen molar-refractivity contribution in [3.63, 3.8) is 0 Å². The Hall–Kier alpha value is -3.49. The van der Waals surface area contributed by atoms with Crippen molar-refractivity contribution in [2.24, 2.45) is 0 Å². The Morgan fingerprint density at radius 3 is 2.57 bits per heavy atom. The quantitative estimate of drug-likeness (QED) is 0.642. The number of esters is 1. The Morgan fingerprint density at radius 1 is 1.14 bits per heavy atom. The van der Waals surface area contributed by atoms with Gasteiger partial charge >= 0.3 is 5.97 Å². The van der Waals surface area contributed by atoms with E-state index in [4.69, 9.17) is 18.6 Å². The second-order valence-electron chi connectivity index (χ2n) is 5.75. The van der Waals surface area contributed by atoms with Crippen LogP contribution < -0.4 is 14.8 Å². The molecule has 9 heteroatoms. The van der Waals surface area contributed by atoms with Gasteiger partial charge in [0.05, 0.1) is 33.6 Å². The van der Waals surface area contributed by atoms with E-state index in [0.717, 1.165) is 4.90 Å². The zero-order valence-electron chi connectivity index (χ0n) is 15.9. The summed E-state index contributed by atoms with van der Waals surface area (Å²) in [5.41, 5.74) is 0.162. The molecule has 2 aromatic rings. The number of nitrogens with one attached hydrogen (secondary N) is 1. The summed E-state index contributed by atoms with van der Waals surface area (Å²) in [5.74, 6) is -0.218. The molecular formula is C19H22N2O7. The summed E-state index contributed by atoms with van der Waals surface area (Å²) >= 11 is 0. The van der Waals surface area contributed by atoms with Crippen molar-refractivity contribution < 1.29 is 33.0 Å². The minimum Gasteiger partial charge on any atom is -0.497 e. The number of carbonyl (C=O) groups excluding carboxylic acids is 3. The van der Waals surface area contributed by atoms with Crippen molar-refractivity contribution in [2.75, 3.05) is 34.4 Å². The van der Waals surface area contributed by atoms with Gasteiger partial charge in [-0.25, -0.2) is 4.79 Å². The number of likely N-dealkylation sites (N-methyl/N-ethyl adjacent to an activating group) is 1. The van der Waals surface area contributed by atoms with E-state index in [2.05, 4.69) is 5.32 Å². The van der Waals surface area contributed by atoms with Crippen molar-refractivity contribution in [3.8, 4) is 11.5 Å². The summed E-state index contributed by atoms with van der Waals surface area (Å²) in [6.07, 6.45) is 1.50. The summed E-state index contributed by atoms with van der Waals surface area (Å²) in [6, 6.07) is 8.03. The zero-order chi connectivity index (χ0) is 20.5. The van der Waals surface area contributed by atoms with Gasteiger partial charge in [-0.2, -0.15) is 0 Å². The topological polar surface area (TPSA) is 107 Å². The summed E-state index contributed by atoms with van der Waals surface area (Å²) < 4.78 is 20.3. The van der Waals surface area contributed by atoms with Crippen LogP contribution in [0.5, 0.6) is 11.5 Å². The third-order valence-corrected chi connectivity index (χ3v) is 3.80. The van der Waals surface area contributed by atoms with Crippen LogP contribution in [0, 0.1) is 0 Å². The molecule has 0 radical (unpaired) electrons. The van der Waals surface area contributed by atoms with Gasteiger partial charge in [0.2, 0.25) is 5.91 Å². The molecule has 1 N–H and O–H groups in total. The Balaban J connectivity index is 1.82. The third kappa shape index (κ3) is 5.76. The average molecular weight is 390 g/mol. The van der Waals surface area contributed by atoms with Crippen LogP contribution in [0.1, 0.15) is 16.1 Å². The summed E-state index contributed by atoms with van der Waals surface area (Å²) in [6.45, 7) is -0.459. The number of furan rings is 1. The SMILES string of the molecule is COc1ccc(C(=O)OCC(=O)N(C)CC(=O)NCc2ccco2)c(OC)c1. The monoisotopic (exact) mass is 390 g/mol. The molecule has 9 nitrogen and oxygen atoms in total. The van der Waals surface area contributed by atoms with Gasteiger partial charge in [0, 0.05) is 13.1 Å². The van der Waals surface area contributed by atoms with Crippen LogP contribution in [0.3, 0.4) is 0 Å². The number of hydrogen-bond donors (Lipinski definition) is 1. The maximum atomic E-state index is 12.2. The van der Waals surface area contributed by atoms with E-state index in [9.17, 15) is 14.4 Å². The van der Waals surface area contributed by atoms with Gasteiger partial charge in [-0.1, -0.05) is 0 Å². The largest absolute Gasteiger partial charge is 0.497 e. The lowest BCUT2D eigenvalue weighted by Gasteiger charge is -2.17. The first-order valence-corrected chi connectivity index (χ1v) is 8.36. The van der Waals surface area contributed by atoms with E-state index in [1.165, 1.54) is 39.7 Å². The first-order valence-electron chi connectivity index (χ1n) is 8.36. The van der Waals surface area contributed by atoms with E-state index in [1.54, 1.807) is 18.2 Å². The van der Waals surface area contributed by atoms with Gasteiger partial charge in [-0.15, -0.1) is 0 Å². The molecule has 150 valence electrons. The van der Waals surface area contributed by atoms with Crippen molar-refractivity contribution >= 4 is 17.8 Å². The predicted octanol–water partition coefficient (Wildman–Crippen LogP) is 1.23. The van der Waals surface area contributed by atoms with Gasteiger partial charge in [-0.3, -0.25) is 9.59 Å². The fourth-order valence-corrected chi connectivity index (χ4v) is 2.24. The van der Waals surface area contributed by atoms with Gasteiger partial charge in [0.25, 0.3) is 5.91 Å². The summed E-state index contributed by atoms with van der Waals surface area (Å²) in [4.78, 5) is 37.3.